The molecule has 1 saturated carbocycles. The molecule has 0 aliphatic heterocycles. The number of carbonyl (C=O) groups is 1. The van der Waals surface area contributed by atoms with E-state index in [1.807, 2.05) is 6.07 Å². The van der Waals surface area contributed by atoms with Crippen LogP contribution in [0.3, 0.4) is 0 Å². The van der Waals surface area contributed by atoms with E-state index in [4.69, 9.17) is 10.5 Å². The molecule has 0 heterocycles. The minimum atomic E-state index is -0.596. The van der Waals surface area contributed by atoms with Crippen LogP contribution >= 0.6 is 0 Å². The van der Waals surface area contributed by atoms with E-state index in [2.05, 4.69) is 17.4 Å². The maximum atomic E-state index is 11.6. The lowest BCUT2D eigenvalue weighted by Gasteiger charge is -2.24. The fraction of sp³-hybridized carbons (Fsp3) is 0.562. The van der Waals surface area contributed by atoms with Gasteiger partial charge in [0, 0.05) is 6.42 Å². The minimum Gasteiger partial charge on any atom is -0.490 e. The van der Waals surface area contributed by atoms with Gasteiger partial charge in [0.25, 0.3) is 0 Å². The van der Waals surface area contributed by atoms with Gasteiger partial charge < -0.3 is 15.8 Å². The van der Waals surface area contributed by atoms with E-state index in [1.54, 1.807) is 7.05 Å². The second kappa shape index (κ2) is 5.09. The zero-order valence-electron chi connectivity index (χ0n) is 11.9. The second-order valence-electron chi connectivity index (χ2n) is 5.96. The maximum absolute atomic E-state index is 11.6. The molecule has 2 unspecified atom stereocenters. The van der Waals surface area contributed by atoms with Crippen molar-refractivity contribution in [1.82, 2.24) is 5.32 Å². The largest absolute Gasteiger partial charge is 0.490 e. The third-order valence-electron chi connectivity index (χ3n) is 4.79. The Balaban J connectivity index is 1.69. The molecule has 4 heteroatoms. The van der Waals surface area contributed by atoms with Crippen LogP contribution in [0.1, 0.15) is 36.8 Å². The van der Waals surface area contributed by atoms with Crippen LogP contribution in [0.5, 0.6) is 5.75 Å². The molecule has 0 aromatic heterocycles. The van der Waals surface area contributed by atoms with E-state index in [9.17, 15) is 4.79 Å². The molecule has 2 aliphatic carbocycles. The first-order valence-electron chi connectivity index (χ1n) is 7.40. The van der Waals surface area contributed by atoms with Gasteiger partial charge in [-0.25, -0.2) is 0 Å². The van der Waals surface area contributed by atoms with Crippen LogP contribution in [0.15, 0.2) is 18.2 Å². The number of primary amides is 1. The molecule has 0 radical (unpaired) electrons. The van der Waals surface area contributed by atoms with E-state index in [0.29, 0.717) is 6.42 Å². The van der Waals surface area contributed by atoms with E-state index < -0.39 is 5.54 Å². The molecule has 0 saturated heterocycles. The number of carbonyl (C=O) groups excluding carboxylic acids is 1. The summed E-state index contributed by atoms with van der Waals surface area (Å²) < 4.78 is 6.06. The highest BCUT2D eigenvalue weighted by atomic mass is 16.5. The lowest BCUT2D eigenvalue weighted by atomic mass is 9.97. The monoisotopic (exact) mass is 274 g/mol. The standard InChI is InChI=1S/C16H22N2O2/c1-18-16(15(17)19)8-7-14(10-16)20-13-6-5-11-3-2-4-12(11)9-13/h5-6,9,14,18H,2-4,7-8,10H2,1H3,(H2,17,19). The Morgan fingerprint density at radius 1 is 1.40 bits per heavy atom. The number of amides is 1. The molecule has 0 bridgehead atoms. The Kier molecular flexibility index (Phi) is 3.42. The lowest BCUT2D eigenvalue weighted by molar-refractivity contribution is -0.124. The Morgan fingerprint density at radius 2 is 2.20 bits per heavy atom. The van der Waals surface area contributed by atoms with Crippen LogP contribution in [0, 0.1) is 0 Å². The van der Waals surface area contributed by atoms with Crippen molar-refractivity contribution >= 4 is 5.91 Å². The fourth-order valence-corrected chi connectivity index (χ4v) is 3.49. The second-order valence-corrected chi connectivity index (χ2v) is 5.96. The van der Waals surface area contributed by atoms with Gasteiger partial charge in [-0.15, -0.1) is 0 Å². The van der Waals surface area contributed by atoms with E-state index in [1.165, 1.54) is 24.0 Å². The molecule has 3 N–H and O–H groups in total. The number of aryl methyl sites for hydroxylation is 2. The summed E-state index contributed by atoms with van der Waals surface area (Å²) in [5.74, 6) is 0.645. The third kappa shape index (κ3) is 2.29. The number of benzene rings is 1. The molecular formula is C16H22N2O2. The number of likely N-dealkylation sites (N-methyl/N-ethyl adjacent to an activating group) is 1. The molecule has 1 fully saturated rings. The van der Waals surface area contributed by atoms with Crippen LogP contribution in [-0.4, -0.2) is 24.6 Å². The zero-order chi connectivity index (χ0) is 14.2. The van der Waals surface area contributed by atoms with Gasteiger partial charge in [0.15, 0.2) is 0 Å². The van der Waals surface area contributed by atoms with Crippen LogP contribution in [0.4, 0.5) is 0 Å². The van der Waals surface area contributed by atoms with Crippen molar-refractivity contribution in [3.63, 3.8) is 0 Å². The Hall–Kier alpha value is -1.55. The Labute approximate surface area is 119 Å². The van der Waals surface area contributed by atoms with E-state index >= 15 is 0 Å². The number of ether oxygens (including phenoxy) is 1. The van der Waals surface area contributed by atoms with Crippen molar-refractivity contribution in [3.8, 4) is 5.75 Å². The van der Waals surface area contributed by atoms with Crippen LogP contribution < -0.4 is 15.8 Å². The smallest absolute Gasteiger partial charge is 0.237 e. The molecule has 3 rings (SSSR count). The molecule has 1 aromatic rings. The number of hydrogen-bond donors (Lipinski definition) is 2. The van der Waals surface area contributed by atoms with Crippen LogP contribution in [0.2, 0.25) is 0 Å². The topological polar surface area (TPSA) is 64.3 Å². The summed E-state index contributed by atoms with van der Waals surface area (Å²) in [5, 5.41) is 3.08. The molecular weight excluding hydrogens is 252 g/mol. The summed E-state index contributed by atoms with van der Waals surface area (Å²) in [4.78, 5) is 11.6. The predicted molar refractivity (Wildman–Crippen MR) is 77.7 cm³/mol. The predicted octanol–water partition coefficient (Wildman–Crippen LogP) is 1.55. The normalized spacial score (nSPS) is 28.4. The van der Waals surface area contributed by atoms with Gasteiger partial charge in [-0.2, -0.15) is 0 Å². The van der Waals surface area contributed by atoms with Crippen molar-refractivity contribution < 1.29 is 9.53 Å². The van der Waals surface area contributed by atoms with Crippen LogP contribution in [0.25, 0.3) is 0 Å². The summed E-state index contributed by atoms with van der Waals surface area (Å²) >= 11 is 0. The molecule has 20 heavy (non-hydrogen) atoms. The first-order chi connectivity index (χ1) is 9.63. The number of fused-ring (bicyclic) bond motifs is 1. The number of rotatable bonds is 4. The first-order valence-corrected chi connectivity index (χ1v) is 7.40. The molecule has 1 aromatic carbocycles. The minimum absolute atomic E-state index is 0.0643. The van der Waals surface area contributed by atoms with Crippen molar-refractivity contribution in [3.05, 3.63) is 29.3 Å². The molecule has 0 spiro atoms. The van der Waals surface area contributed by atoms with Gasteiger partial charge in [-0.05, 0) is 62.4 Å². The first kappa shape index (κ1) is 13.4. The fourth-order valence-electron chi connectivity index (χ4n) is 3.49. The van der Waals surface area contributed by atoms with Crippen molar-refractivity contribution in [2.24, 2.45) is 5.73 Å². The maximum Gasteiger partial charge on any atom is 0.237 e. The number of nitrogens with two attached hydrogens (primary N) is 1. The van der Waals surface area contributed by atoms with Gasteiger partial charge in [0.2, 0.25) is 5.91 Å². The number of nitrogens with one attached hydrogen (secondary N) is 1. The molecule has 4 nitrogen and oxygen atoms in total. The van der Waals surface area contributed by atoms with Crippen molar-refractivity contribution in [2.45, 2.75) is 50.2 Å². The summed E-state index contributed by atoms with van der Waals surface area (Å²) in [6.45, 7) is 0. The van der Waals surface area contributed by atoms with Crippen molar-refractivity contribution in [1.29, 1.82) is 0 Å². The molecule has 108 valence electrons. The van der Waals surface area contributed by atoms with E-state index in [0.717, 1.165) is 25.0 Å². The van der Waals surface area contributed by atoms with Gasteiger partial charge in [0.05, 0.1) is 0 Å². The van der Waals surface area contributed by atoms with Crippen molar-refractivity contribution in [2.75, 3.05) is 7.05 Å². The van der Waals surface area contributed by atoms with Gasteiger partial charge in [0.1, 0.15) is 17.4 Å². The summed E-state index contributed by atoms with van der Waals surface area (Å²) in [6, 6.07) is 6.38. The molecule has 1 amide bonds. The Morgan fingerprint density at radius 3 is 2.90 bits per heavy atom. The lowest BCUT2D eigenvalue weighted by Crippen LogP contribution is -2.52. The average Bonchev–Trinajstić information content (AvgIpc) is 3.05. The van der Waals surface area contributed by atoms with Gasteiger partial charge >= 0.3 is 0 Å². The highest BCUT2D eigenvalue weighted by Crippen LogP contribution is 2.34. The SMILES string of the molecule is CNC1(C(N)=O)CCC(Oc2ccc3c(c2)CCC3)C1. The van der Waals surface area contributed by atoms with Crippen LogP contribution in [-0.2, 0) is 17.6 Å². The number of hydrogen-bond acceptors (Lipinski definition) is 3. The highest BCUT2D eigenvalue weighted by Gasteiger charge is 2.43. The summed E-state index contributed by atoms with van der Waals surface area (Å²) in [5.41, 5.74) is 7.78. The Bertz CT molecular complexity index is 529. The summed E-state index contributed by atoms with van der Waals surface area (Å²) in [7, 11) is 1.79. The molecule has 2 atom stereocenters. The van der Waals surface area contributed by atoms with Gasteiger partial charge in [-0.3, -0.25) is 4.79 Å². The molecule has 2 aliphatic rings. The average molecular weight is 274 g/mol. The third-order valence-corrected chi connectivity index (χ3v) is 4.79. The highest BCUT2D eigenvalue weighted by molar-refractivity contribution is 5.85. The van der Waals surface area contributed by atoms with Gasteiger partial charge in [-0.1, -0.05) is 6.07 Å². The quantitative estimate of drug-likeness (QED) is 0.875. The zero-order valence-corrected chi connectivity index (χ0v) is 11.9. The van der Waals surface area contributed by atoms with E-state index in [-0.39, 0.29) is 12.0 Å². The summed E-state index contributed by atoms with van der Waals surface area (Å²) in [6.07, 6.45) is 5.90.